The molecule has 0 atom stereocenters. The van der Waals surface area contributed by atoms with Gasteiger partial charge in [-0.1, -0.05) is 12.1 Å². The SMILES string of the molecule is CB=C(N=C(CCC)C(=O)NCc1ccc(-c2cc(Nc3ccc(N4CCN(CCc5ccc(N6CCC(=O)NC6=C(C)C)cc5)CC4)cn3)ncn2)cc1C)C(C)(C)C. The van der Waals surface area contributed by atoms with Gasteiger partial charge in [0.25, 0.3) is 0 Å². The van der Waals surface area contributed by atoms with Gasteiger partial charge in [-0.3, -0.25) is 9.69 Å². The van der Waals surface area contributed by atoms with Crippen LogP contribution in [0.4, 0.5) is 23.0 Å². The molecule has 0 unspecified atom stereocenters. The summed E-state index contributed by atoms with van der Waals surface area (Å²) in [6, 6.07) is 21.0. The summed E-state index contributed by atoms with van der Waals surface area (Å²) in [5, 5.41) is 9.48. The van der Waals surface area contributed by atoms with Gasteiger partial charge in [-0.05, 0) is 55.7 Å². The first-order chi connectivity index (χ1) is 28.8. The summed E-state index contributed by atoms with van der Waals surface area (Å²) in [4.78, 5) is 50.8. The van der Waals surface area contributed by atoms with Gasteiger partial charge >= 0.3 is 157 Å². The molecule has 314 valence electrons. The summed E-state index contributed by atoms with van der Waals surface area (Å²) in [6.45, 7) is 24.5. The van der Waals surface area contributed by atoms with Crippen molar-refractivity contribution in [3.8, 4) is 11.3 Å². The number of aryl methyl sites for hydroxylation is 1. The van der Waals surface area contributed by atoms with Crippen molar-refractivity contribution in [3.63, 3.8) is 0 Å². The van der Waals surface area contributed by atoms with E-state index in [0.29, 0.717) is 43.3 Å². The molecule has 12 nitrogen and oxygen atoms in total. The summed E-state index contributed by atoms with van der Waals surface area (Å²) in [6.07, 6.45) is 6.46. The number of hydrogen-bond acceptors (Lipinski definition) is 10. The molecule has 3 N–H and O–H groups in total. The second-order valence-electron chi connectivity index (χ2n) is 16.9. The van der Waals surface area contributed by atoms with E-state index in [1.165, 1.54) is 5.56 Å². The Hall–Kier alpha value is -5.69. The molecule has 0 saturated carbocycles. The van der Waals surface area contributed by atoms with E-state index < -0.39 is 0 Å². The molecular formula is C47H61BN10O2. The van der Waals surface area contributed by atoms with Crippen molar-refractivity contribution >= 4 is 53.0 Å². The maximum absolute atomic E-state index is 13.2. The fourth-order valence-electron chi connectivity index (χ4n) is 7.56. The van der Waals surface area contributed by atoms with E-state index in [9.17, 15) is 9.59 Å². The van der Waals surface area contributed by atoms with E-state index in [-0.39, 0.29) is 17.2 Å². The predicted octanol–water partition coefficient (Wildman–Crippen LogP) is 7.32. The molecule has 60 heavy (non-hydrogen) atoms. The summed E-state index contributed by atoms with van der Waals surface area (Å²) in [5.41, 5.74) is 9.84. The minimum absolute atomic E-state index is 0.0801. The Labute approximate surface area is 356 Å². The number of benzene rings is 2. The van der Waals surface area contributed by atoms with Crippen LogP contribution >= 0.6 is 0 Å². The summed E-state index contributed by atoms with van der Waals surface area (Å²) < 4.78 is 0. The number of carbonyl (C=O) groups excluding carboxylic acids is 2. The van der Waals surface area contributed by atoms with Gasteiger partial charge in [0.05, 0.1) is 11.9 Å². The van der Waals surface area contributed by atoms with Crippen LogP contribution in [-0.2, 0) is 22.6 Å². The zero-order chi connectivity index (χ0) is 42.8. The number of carbonyl (C=O) groups is 2. The number of aliphatic imine (C=N–C) groups is 1. The molecular weight excluding hydrogens is 747 g/mol. The molecule has 0 bridgehead atoms. The maximum atomic E-state index is 13.2. The fraction of sp³-hybridized carbons (Fsp3) is 0.426. The number of aromatic nitrogens is 3. The number of pyridine rings is 1. The second-order valence-corrected chi connectivity index (χ2v) is 16.9. The van der Waals surface area contributed by atoms with E-state index in [2.05, 4.69) is 112 Å². The Morgan fingerprint density at radius 2 is 1.67 bits per heavy atom. The quantitative estimate of drug-likeness (QED) is 0.0887. The predicted molar refractivity (Wildman–Crippen MR) is 247 cm³/mol. The van der Waals surface area contributed by atoms with E-state index in [4.69, 9.17) is 9.98 Å². The van der Waals surface area contributed by atoms with Crippen molar-refractivity contribution in [1.82, 2.24) is 30.5 Å². The molecule has 2 amide bonds. The van der Waals surface area contributed by atoms with Gasteiger partial charge in [-0.25, -0.2) is 9.97 Å². The van der Waals surface area contributed by atoms with Crippen LogP contribution in [-0.4, -0.2) is 89.2 Å². The molecule has 13 heteroatoms. The van der Waals surface area contributed by atoms with Gasteiger partial charge in [-0.15, -0.1) is 0 Å². The zero-order valence-corrected chi connectivity index (χ0v) is 36.7. The number of nitrogens with zero attached hydrogens (tertiary/aromatic N) is 7. The molecule has 2 fully saturated rings. The first-order valence-electron chi connectivity index (χ1n) is 21.3. The van der Waals surface area contributed by atoms with Gasteiger partial charge in [0.2, 0.25) is 5.91 Å². The van der Waals surface area contributed by atoms with E-state index in [1.807, 2.05) is 58.1 Å². The number of piperazine rings is 1. The van der Waals surface area contributed by atoms with Crippen LogP contribution < -0.4 is 25.8 Å². The Balaban J connectivity index is 0.976. The standard InChI is InChI=1S/C47H61BN10O2/c1-9-10-39(53-46(48-8)47(5,6)7)45(60)50-29-36-14-13-35(27-33(36)4)40-28-42(52-31-51-40)54-41-18-17-38(30-49-41)57-25-23-56(24-26-57)21-19-34-11-15-37(16-12-34)58-22-20-43(59)55-44(58)32(2)3/h11-18,27-28,30-31H,9-10,19-26,29H2,1-8H3,(H,50,60)(H,55,59)(H,49,51,52,54). The van der Waals surface area contributed by atoms with Crippen molar-refractivity contribution in [2.45, 2.75) is 87.5 Å². The van der Waals surface area contributed by atoms with Crippen molar-refractivity contribution in [2.75, 3.05) is 54.4 Å². The van der Waals surface area contributed by atoms with E-state index in [0.717, 1.165) is 96.3 Å². The van der Waals surface area contributed by atoms with Crippen molar-refractivity contribution in [3.05, 3.63) is 101 Å². The Morgan fingerprint density at radius 1 is 0.917 bits per heavy atom. The fourth-order valence-corrected chi connectivity index (χ4v) is 7.56. The third kappa shape index (κ3) is 11.5. The van der Waals surface area contributed by atoms with Crippen LogP contribution in [0.3, 0.4) is 0 Å². The van der Waals surface area contributed by atoms with Gasteiger partial charge in [0.15, 0.2) is 0 Å². The molecule has 2 aromatic carbocycles. The van der Waals surface area contributed by atoms with Crippen LogP contribution in [0.1, 0.15) is 77.5 Å². The summed E-state index contributed by atoms with van der Waals surface area (Å²) in [7, 11) is 0. The van der Waals surface area contributed by atoms with Crippen LogP contribution in [0.5, 0.6) is 0 Å². The zero-order valence-electron chi connectivity index (χ0n) is 36.7. The molecule has 0 aliphatic carbocycles. The number of nitrogens with one attached hydrogen (secondary N) is 3. The Kier molecular flexibility index (Phi) is 14.7. The monoisotopic (exact) mass is 809 g/mol. The molecule has 2 aliphatic heterocycles. The average molecular weight is 809 g/mol. The molecule has 0 spiro atoms. The summed E-state index contributed by atoms with van der Waals surface area (Å²) in [5.74, 6) is 2.23. The van der Waals surface area contributed by atoms with Gasteiger partial charge < -0.3 is 20.4 Å². The number of rotatable bonds is 14. The van der Waals surface area contributed by atoms with Gasteiger partial charge in [-0.2, -0.15) is 0 Å². The van der Waals surface area contributed by atoms with Crippen LogP contribution in [0.2, 0.25) is 6.82 Å². The first kappa shape index (κ1) is 43.9. The molecule has 0 radical (unpaired) electrons. The van der Waals surface area contributed by atoms with Crippen molar-refractivity contribution in [1.29, 1.82) is 0 Å². The molecule has 4 aromatic rings. The first-order valence-corrected chi connectivity index (χ1v) is 21.3. The molecule has 2 aliphatic rings. The Morgan fingerprint density at radius 3 is 2.32 bits per heavy atom. The van der Waals surface area contributed by atoms with Crippen LogP contribution in [0, 0.1) is 12.3 Å². The second kappa shape index (κ2) is 20.0. The number of amides is 2. The van der Waals surface area contributed by atoms with Crippen molar-refractivity contribution < 1.29 is 9.59 Å². The van der Waals surface area contributed by atoms with Gasteiger partial charge in [0.1, 0.15) is 23.8 Å². The van der Waals surface area contributed by atoms with Crippen LogP contribution in [0.15, 0.2) is 89.6 Å². The molecule has 2 saturated heterocycles. The number of hydrogen-bond donors (Lipinski definition) is 3. The Bertz CT molecular complexity index is 2220. The average Bonchev–Trinajstić information content (AvgIpc) is 3.24. The van der Waals surface area contributed by atoms with Crippen molar-refractivity contribution in [2.24, 2.45) is 10.4 Å². The summed E-state index contributed by atoms with van der Waals surface area (Å²) >= 11 is 0. The van der Waals surface area contributed by atoms with Gasteiger partial charge in [0, 0.05) is 51.4 Å². The topological polar surface area (TPSA) is 131 Å². The van der Waals surface area contributed by atoms with E-state index in [1.54, 1.807) is 6.33 Å². The third-order valence-electron chi connectivity index (χ3n) is 11.1. The normalized spacial score (nSPS) is 15.4. The molecule has 6 rings (SSSR count). The third-order valence-corrected chi connectivity index (χ3v) is 11.1. The molecule has 2 aromatic heterocycles. The minimum atomic E-state index is -0.137. The number of allylic oxidation sites excluding steroid dienone is 1. The molecule has 4 heterocycles. The van der Waals surface area contributed by atoms with E-state index >= 15 is 0 Å². The van der Waals surface area contributed by atoms with Crippen LogP contribution in [0.25, 0.3) is 11.3 Å². The number of anilines is 4.